The molecule has 7 heteroatoms. The lowest BCUT2D eigenvalue weighted by molar-refractivity contribution is 0.386. The van der Waals surface area contributed by atoms with Gasteiger partial charge >= 0.3 is 0 Å². The predicted octanol–water partition coefficient (Wildman–Crippen LogP) is 1.58. The van der Waals surface area contributed by atoms with Crippen molar-refractivity contribution in [1.82, 2.24) is 5.32 Å². The Kier molecular flexibility index (Phi) is 6.04. The maximum absolute atomic E-state index is 13.4. The third-order valence-corrected chi connectivity index (χ3v) is 3.81. The highest BCUT2D eigenvalue weighted by molar-refractivity contribution is 7.92. The van der Waals surface area contributed by atoms with Gasteiger partial charge in [0.25, 0.3) is 0 Å². The second kappa shape index (κ2) is 7.30. The first-order valence-electron chi connectivity index (χ1n) is 6.03. The lowest BCUT2D eigenvalue weighted by Crippen LogP contribution is -2.21. The highest BCUT2D eigenvalue weighted by Gasteiger charge is 2.11. The van der Waals surface area contributed by atoms with E-state index in [9.17, 15) is 12.8 Å². The van der Waals surface area contributed by atoms with Gasteiger partial charge in [0, 0.05) is 6.07 Å². The quantitative estimate of drug-likeness (QED) is 0.713. The summed E-state index contributed by atoms with van der Waals surface area (Å²) in [6, 6.07) is 3.94. The summed E-state index contributed by atoms with van der Waals surface area (Å²) >= 11 is 0. The van der Waals surface area contributed by atoms with Crippen molar-refractivity contribution >= 4 is 15.7 Å². The first-order valence-corrected chi connectivity index (χ1v) is 7.68. The molecule has 0 spiro atoms. The van der Waals surface area contributed by atoms with Crippen molar-refractivity contribution in [1.29, 1.82) is 0 Å². The fourth-order valence-electron chi connectivity index (χ4n) is 1.52. The number of halogens is 1. The van der Waals surface area contributed by atoms with Crippen LogP contribution in [0.1, 0.15) is 13.3 Å². The number of benzene rings is 1. The number of hydrogen-bond donors (Lipinski definition) is 2. The molecule has 0 bridgehead atoms. The van der Waals surface area contributed by atoms with Crippen LogP contribution in [0.15, 0.2) is 18.2 Å². The van der Waals surface area contributed by atoms with Crippen molar-refractivity contribution in [3.63, 3.8) is 0 Å². The molecule has 0 aliphatic carbocycles. The first-order chi connectivity index (χ1) is 8.98. The summed E-state index contributed by atoms with van der Waals surface area (Å²) in [5, 5.41) is 3.04. The molecule has 0 heterocycles. The number of ether oxygens (including phenoxy) is 1. The molecule has 5 nitrogen and oxygen atoms in total. The molecule has 19 heavy (non-hydrogen) atoms. The average molecular weight is 290 g/mol. The Hall–Kier alpha value is -1.34. The fourth-order valence-corrected chi connectivity index (χ4v) is 2.64. The van der Waals surface area contributed by atoms with Crippen molar-refractivity contribution in [3.8, 4) is 5.75 Å². The topological polar surface area (TPSA) is 67.4 Å². The van der Waals surface area contributed by atoms with Gasteiger partial charge in [-0.15, -0.1) is 0 Å². The van der Waals surface area contributed by atoms with Crippen molar-refractivity contribution in [2.24, 2.45) is 0 Å². The van der Waals surface area contributed by atoms with Gasteiger partial charge in [-0.05, 0) is 31.6 Å². The molecule has 0 fully saturated rings. The standard InChI is InChI=1S/C12H19FN2O3S/c1-3-14-7-4-8-19(16,17)15-10-5-6-12(18-2)11(13)9-10/h5-6,9,14-15H,3-4,7-8H2,1-2H3. The highest BCUT2D eigenvalue weighted by Crippen LogP contribution is 2.21. The maximum atomic E-state index is 13.4. The molecule has 1 aromatic rings. The van der Waals surface area contributed by atoms with Gasteiger partial charge in [0.15, 0.2) is 11.6 Å². The van der Waals surface area contributed by atoms with E-state index in [2.05, 4.69) is 10.0 Å². The molecule has 2 N–H and O–H groups in total. The van der Waals surface area contributed by atoms with E-state index in [-0.39, 0.29) is 17.2 Å². The Bertz CT molecular complexity index is 506. The normalized spacial score (nSPS) is 11.3. The minimum absolute atomic E-state index is 0.00630. The molecule has 0 saturated heterocycles. The van der Waals surface area contributed by atoms with E-state index in [0.29, 0.717) is 13.0 Å². The van der Waals surface area contributed by atoms with Crippen molar-refractivity contribution < 1.29 is 17.5 Å². The Morgan fingerprint density at radius 3 is 2.68 bits per heavy atom. The lowest BCUT2D eigenvalue weighted by atomic mass is 10.3. The van der Waals surface area contributed by atoms with Crippen molar-refractivity contribution in [2.75, 3.05) is 30.7 Å². The van der Waals surface area contributed by atoms with Gasteiger partial charge in [0.2, 0.25) is 10.0 Å². The molecular formula is C12H19FN2O3S. The van der Waals surface area contributed by atoms with Gasteiger partial charge < -0.3 is 10.1 Å². The van der Waals surface area contributed by atoms with Crippen molar-refractivity contribution in [3.05, 3.63) is 24.0 Å². The van der Waals surface area contributed by atoms with Crippen LogP contribution < -0.4 is 14.8 Å². The van der Waals surface area contributed by atoms with Gasteiger partial charge in [0.1, 0.15) is 0 Å². The SMILES string of the molecule is CCNCCCS(=O)(=O)Nc1ccc(OC)c(F)c1. The Morgan fingerprint density at radius 2 is 2.11 bits per heavy atom. The van der Waals surface area contributed by atoms with Crippen molar-refractivity contribution in [2.45, 2.75) is 13.3 Å². The Labute approximate surface area is 113 Å². The van der Waals surface area contributed by atoms with E-state index < -0.39 is 15.8 Å². The zero-order valence-corrected chi connectivity index (χ0v) is 11.9. The van der Waals surface area contributed by atoms with Gasteiger partial charge in [-0.25, -0.2) is 12.8 Å². The highest BCUT2D eigenvalue weighted by atomic mass is 32.2. The summed E-state index contributed by atoms with van der Waals surface area (Å²) in [6.07, 6.45) is 0.502. The molecule has 108 valence electrons. The molecule has 0 unspecified atom stereocenters. The van der Waals surface area contributed by atoms with E-state index in [1.54, 1.807) is 0 Å². The maximum Gasteiger partial charge on any atom is 0.232 e. The molecule has 0 radical (unpaired) electrons. The third-order valence-electron chi connectivity index (χ3n) is 2.44. The van der Waals surface area contributed by atoms with Gasteiger partial charge in [-0.2, -0.15) is 0 Å². The lowest BCUT2D eigenvalue weighted by Gasteiger charge is -2.09. The number of hydrogen-bond acceptors (Lipinski definition) is 4. The smallest absolute Gasteiger partial charge is 0.232 e. The molecule has 0 aromatic heterocycles. The monoisotopic (exact) mass is 290 g/mol. The molecular weight excluding hydrogens is 271 g/mol. The largest absolute Gasteiger partial charge is 0.494 e. The number of nitrogens with one attached hydrogen (secondary N) is 2. The van der Waals surface area contributed by atoms with Gasteiger partial charge in [-0.1, -0.05) is 6.92 Å². The fraction of sp³-hybridized carbons (Fsp3) is 0.500. The summed E-state index contributed by atoms with van der Waals surface area (Å²) in [6.45, 7) is 3.39. The summed E-state index contributed by atoms with van der Waals surface area (Å²) in [5.74, 6) is -0.529. The summed E-state index contributed by atoms with van der Waals surface area (Å²) in [4.78, 5) is 0. The van der Waals surface area contributed by atoms with E-state index >= 15 is 0 Å². The van der Waals surface area contributed by atoms with Crippen LogP contribution in [-0.2, 0) is 10.0 Å². The predicted molar refractivity (Wildman–Crippen MR) is 73.5 cm³/mol. The van der Waals surface area contributed by atoms with Crippen LogP contribution >= 0.6 is 0 Å². The average Bonchev–Trinajstić information content (AvgIpc) is 2.34. The van der Waals surface area contributed by atoms with Gasteiger partial charge in [-0.3, -0.25) is 4.72 Å². The van der Waals surface area contributed by atoms with Crippen LogP contribution in [0.4, 0.5) is 10.1 Å². The van der Waals surface area contributed by atoms with E-state index in [1.807, 2.05) is 6.92 Å². The Balaban J connectivity index is 2.60. The minimum atomic E-state index is -3.45. The zero-order chi connectivity index (χ0) is 14.3. The zero-order valence-electron chi connectivity index (χ0n) is 11.1. The third kappa shape index (κ3) is 5.44. The van der Waals surface area contributed by atoms with Crippen LogP contribution in [0.25, 0.3) is 0 Å². The van der Waals surface area contributed by atoms with Crippen LogP contribution in [0.5, 0.6) is 5.75 Å². The summed E-state index contributed by atoms with van der Waals surface area (Å²) in [7, 11) is -2.10. The van der Waals surface area contributed by atoms with Crippen LogP contribution in [0, 0.1) is 5.82 Å². The number of rotatable bonds is 8. The second-order valence-electron chi connectivity index (χ2n) is 3.98. The van der Waals surface area contributed by atoms with E-state index in [1.165, 1.54) is 19.2 Å². The number of sulfonamides is 1. The van der Waals surface area contributed by atoms with E-state index in [4.69, 9.17) is 4.74 Å². The van der Waals surface area contributed by atoms with Crippen LogP contribution in [-0.4, -0.2) is 34.4 Å². The molecule has 1 aromatic carbocycles. The molecule has 0 atom stereocenters. The molecule has 1 rings (SSSR count). The Morgan fingerprint density at radius 1 is 1.37 bits per heavy atom. The molecule has 0 aliphatic rings. The van der Waals surface area contributed by atoms with Gasteiger partial charge in [0.05, 0.1) is 18.6 Å². The molecule has 0 amide bonds. The minimum Gasteiger partial charge on any atom is -0.494 e. The summed E-state index contributed by atoms with van der Waals surface area (Å²) < 4.78 is 44.0. The number of anilines is 1. The van der Waals surface area contributed by atoms with E-state index in [0.717, 1.165) is 12.6 Å². The molecule has 0 aliphatic heterocycles. The molecule has 0 saturated carbocycles. The second-order valence-corrected chi connectivity index (χ2v) is 5.82. The van der Waals surface area contributed by atoms with Crippen LogP contribution in [0.3, 0.4) is 0 Å². The van der Waals surface area contributed by atoms with Crippen LogP contribution in [0.2, 0.25) is 0 Å². The number of methoxy groups -OCH3 is 1. The summed E-state index contributed by atoms with van der Waals surface area (Å²) in [5.41, 5.74) is 0.196. The first kappa shape index (κ1) is 15.7.